The average molecular weight is 342 g/mol. The van der Waals surface area contributed by atoms with Gasteiger partial charge in [-0.1, -0.05) is 0 Å². The molecule has 0 aromatic heterocycles. The third-order valence-electron chi connectivity index (χ3n) is 2.27. The third kappa shape index (κ3) is 16.3. The molecule has 24 heavy (non-hydrogen) atoms. The SMILES string of the molecule is C#CC(=O)OCCOCCOCCOCCOCCOC(=O)C#C. The number of rotatable bonds is 15. The van der Waals surface area contributed by atoms with Gasteiger partial charge in [0.1, 0.15) is 13.2 Å². The Hall–Kier alpha value is -2.10. The molecule has 134 valence electrons. The number of ether oxygens (including phenoxy) is 6. The van der Waals surface area contributed by atoms with Crippen LogP contribution in [0.5, 0.6) is 0 Å². The van der Waals surface area contributed by atoms with E-state index < -0.39 is 11.9 Å². The second-order valence-corrected chi connectivity index (χ2v) is 4.01. The molecule has 0 fully saturated rings. The van der Waals surface area contributed by atoms with Gasteiger partial charge in [0.15, 0.2) is 0 Å². The minimum absolute atomic E-state index is 0.119. The second-order valence-electron chi connectivity index (χ2n) is 4.01. The molecule has 0 unspecified atom stereocenters. The molecule has 0 aliphatic rings. The highest BCUT2D eigenvalue weighted by Gasteiger charge is 1.97. The molecule has 8 heteroatoms. The molecule has 0 aliphatic heterocycles. The summed E-state index contributed by atoms with van der Waals surface area (Å²) >= 11 is 0. The van der Waals surface area contributed by atoms with Gasteiger partial charge in [-0.15, -0.1) is 12.8 Å². The summed E-state index contributed by atoms with van der Waals surface area (Å²) in [5.74, 6) is 2.25. The first-order valence-corrected chi connectivity index (χ1v) is 7.28. The van der Waals surface area contributed by atoms with E-state index in [0.717, 1.165) is 0 Å². The van der Waals surface area contributed by atoms with Crippen LogP contribution in [0.2, 0.25) is 0 Å². The molecule has 0 aromatic carbocycles. The van der Waals surface area contributed by atoms with Crippen LogP contribution >= 0.6 is 0 Å². The lowest BCUT2D eigenvalue weighted by Crippen LogP contribution is -2.15. The van der Waals surface area contributed by atoms with Crippen molar-refractivity contribution < 1.29 is 38.0 Å². The first-order valence-electron chi connectivity index (χ1n) is 7.28. The maximum absolute atomic E-state index is 10.6. The van der Waals surface area contributed by atoms with Crippen molar-refractivity contribution in [2.24, 2.45) is 0 Å². The van der Waals surface area contributed by atoms with Gasteiger partial charge < -0.3 is 28.4 Å². The molecule has 0 radical (unpaired) electrons. The zero-order chi connectivity index (χ0) is 17.9. The summed E-state index contributed by atoms with van der Waals surface area (Å²) in [5, 5.41) is 0. The van der Waals surface area contributed by atoms with Crippen molar-refractivity contribution in [3.8, 4) is 24.7 Å². The number of carbonyl (C=O) groups excluding carboxylic acids is 2. The fourth-order valence-corrected chi connectivity index (χ4v) is 1.23. The van der Waals surface area contributed by atoms with E-state index in [1.807, 2.05) is 11.8 Å². The standard InChI is InChI=1S/C16H22O8/c1-3-15(17)23-13-11-21-9-7-19-5-6-20-8-10-22-12-14-24-16(18)4-2/h1-2H,5-14H2. The zero-order valence-corrected chi connectivity index (χ0v) is 13.5. The van der Waals surface area contributed by atoms with Crippen LogP contribution in [-0.4, -0.2) is 78.0 Å². The van der Waals surface area contributed by atoms with E-state index in [-0.39, 0.29) is 26.4 Å². The Morgan fingerprint density at radius 3 is 1.04 bits per heavy atom. The monoisotopic (exact) mass is 342 g/mol. The highest BCUT2D eigenvalue weighted by Crippen LogP contribution is 1.85. The molecule has 0 saturated carbocycles. The lowest BCUT2D eigenvalue weighted by molar-refractivity contribution is -0.139. The van der Waals surface area contributed by atoms with Gasteiger partial charge in [-0.25, -0.2) is 9.59 Å². The van der Waals surface area contributed by atoms with Gasteiger partial charge in [0.25, 0.3) is 0 Å². The van der Waals surface area contributed by atoms with Crippen LogP contribution in [0.25, 0.3) is 0 Å². The van der Waals surface area contributed by atoms with E-state index in [9.17, 15) is 9.59 Å². The summed E-state index contributed by atoms with van der Waals surface area (Å²) in [6.45, 7) is 3.20. The van der Waals surface area contributed by atoms with Crippen molar-refractivity contribution in [1.82, 2.24) is 0 Å². The zero-order valence-electron chi connectivity index (χ0n) is 13.5. The summed E-state index contributed by atoms with van der Waals surface area (Å²) in [5.41, 5.74) is 0. The van der Waals surface area contributed by atoms with Gasteiger partial charge in [-0.05, 0) is 0 Å². The molecular weight excluding hydrogens is 320 g/mol. The molecule has 0 heterocycles. The van der Waals surface area contributed by atoms with Crippen LogP contribution in [0.3, 0.4) is 0 Å². The van der Waals surface area contributed by atoms with E-state index in [1.165, 1.54) is 0 Å². The molecular formula is C16H22O8. The van der Waals surface area contributed by atoms with Crippen LogP contribution < -0.4 is 0 Å². The van der Waals surface area contributed by atoms with Crippen molar-refractivity contribution in [2.75, 3.05) is 66.1 Å². The maximum Gasteiger partial charge on any atom is 0.384 e. The fourth-order valence-electron chi connectivity index (χ4n) is 1.23. The average Bonchev–Trinajstić information content (AvgIpc) is 2.60. The number of hydrogen-bond donors (Lipinski definition) is 0. The van der Waals surface area contributed by atoms with Gasteiger partial charge >= 0.3 is 11.9 Å². The first kappa shape index (κ1) is 21.9. The maximum atomic E-state index is 10.6. The van der Waals surface area contributed by atoms with E-state index in [2.05, 4.69) is 9.47 Å². The minimum Gasteiger partial charge on any atom is -0.454 e. The van der Waals surface area contributed by atoms with Gasteiger partial charge in [0.2, 0.25) is 0 Å². The third-order valence-corrected chi connectivity index (χ3v) is 2.27. The lowest BCUT2D eigenvalue weighted by Gasteiger charge is -2.07. The molecule has 0 atom stereocenters. The molecule has 0 bridgehead atoms. The highest BCUT2D eigenvalue weighted by molar-refractivity contribution is 5.87. The summed E-state index contributed by atoms with van der Waals surface area (Å²) in [4.78, 5) is 21.2. The van der Waals surface area contributed by atoms with Gasteiger partial charge in [-0.2, -0.15) is 0 Å². The molecule has 0 spiro atoms. The van der Waals surface area contributed by atoms with Gasteiger partial charge in [-0.3, -0.25) is 0 Å². The number of esters is 2. The van der Waals surface area contributed by atoms with Gasteiger partial charge in [0, 0.05) is 11.8 Å². The van der Waals surface area contributed by atoms with Crippen molar-refractivity contribution in [1.29, 1.82) is 0 Å². The molecule has 0 saturated heterocycles. The Balaban J connectivity index is 3.08. The van der Waals surface area contributed by atoms with E-state index in [1.54, 1.807) is 0 Å². The summed E-state index contributed by atoms with van der Waals surface area (Å²) in [6.07, 6.45) is 9.64. The molecule has 0 rings (SSSR count). The molecule has 0 N–H and O–H groups in total. The van der Waals surface area contributed by atoms with E-state index in [4.69, 9.17) is 31.8 Å². The lowest BCUT2D eigenvalue weighted by atomic mass is 10.6. The minimum atomic E-state index is -0.704. The van der Waals surface area contributed by atoms with Crippen molar-refractivity contribution in [3.05, 3.63) is 0 Å². The Morgan fingerprint density at radius 2 is 0.792 bits per heavy atom. The Morgan fingerprint density at radius 1 is 0.542 bits per heavy atom. The first-order chi connectivity index (χ1) is 11.7. The molecule has 0 amide bonds. The molecule has 0 aliphatic carbocycles. The number of hydrogen-bond acceptors (Lipinski definition) is 8. The quantitative estimate of drug-likeness (QED) is 0.169. The smallest absolute Gasteiger partial charge is 0.384 e. The van der Waals surface area contributed by atoms with Crippen molar-refractivity contribution in [3.63, 3.8) is 0 Å². The fraction of sp³-hybridized carbons (Fsp3) is 0.625. The van der Waals surface area contributed by atoms with Crippen LogP contribution in [-0.2, 0) is 38.0 Å². The molecule has 0 aromatic rings. The summed E-state index contributed by atoms with van der Waals surface area (Å²) < 4.78 is 30.1. The van der Waals surface area contributed by atoms with Crippen LogP contribution in [0, 0.1) is 24.7 Å². The van der Waals surface area contributed by atoms with E-state index in [0.29, 0.717) is 39.6 Å². The summed E-state index contributed by atoms with van der Waals surface area (Å²) in [7, 11) is 0. The van der Waals surface area contributed by atoms with Crippen LogP contribution in [0.4, 0.5) is 0 Å². The normalized spacial score (nSPS) is 9.75. The molecule has 8 nitrogen and oxygen atoms in total. The van der Waals surface area contributed by atoms with Crippen LogP contribution in [0.1, 0.15) is 0 Å². The highest BCUT2D eigenvalue weighted by atomic mass is 16.6. The predicted molar refractivity (Wildman–Crippen MR) is 82.9 cm³/mol. The Labute approximate surface area is 141 Å². The van der Waals surface area contributed by atoms with E-state index >= 15 is 0 Å². The Kier molecular flexibility index (Phi) is 15.7. The van der Waals surface area contributed by atoms with Crippen LogP contribution in [0.15, 0.2) is 0 Å². The predicted octanol–water partition coefficient (Wildman–Crippen LogP) is -0.594. The number of terminal acetylenes is 2. The van der Waals surface area contributed by atoms with Crippen molar-refractivity contribution in [2.45, 2.75) is 0 Å². The van der Waals surface area contributed by atoms with Crippen molar-refractivity contribution >= 4 is 11.9 Å². The van der Waals surface area contributed by atoms with Gasteiger partial charge in [0.05, 0.1) is 52.9 Å². The number of carbonyl (C=O) groups is 2. The Bertz CT molecular complexity index is 381. The topological polar surface area (TPSA) is 89.5 Å². The summed E-state index contributed by atoms with van der Waals surface area (Å²) in [6, 6.07) is 0. The largest absolute Gasteiger partial charge is 0.454 e. The second kappa shape index (κ2) is 17.3.